The van der Waals surface area contributed by atoms with Crippen LogP contribution in [0.25, 0.3) is 88.0 Å². The van der Waals surface area contributed by atoms with Gasteiger partial charge in [-0.1, -0.05) is 79.7 Å². The summed E-state index contributed by atoms with van der Waals surface area (Å²) in [5, 5.41) is 7.33. The van der Waals surface area contributed by atoms with Crippen LogP contribution in [-0.4, -0.2) is 0 Å². The molecular weight excluding hydrogens is 536 g/mol. The van der Waals surface area contributed by atoms with Crippen LogP contribution in [0.2, 0.25) is 0 Å². The maximum absolute atomic E-state index is 6.37. The molecule has 0 radical (unpaired) electrons. The fraction of sp³-hybridized carbons (Fsp3) is 0.0952. The van der Waals surface area contributed by atoms with Crippen molar-refractivity contribution in [1.29, 1.82) is 0 Å². The standard InChI is InChI=1S/C42H28O2/c1-2-24-21-36-34(31-8-4-3-7-30(24)31)23-33(41-39-17-18-40(44-39)42(36)41)28-14-12-25-11-13-26(19-29(25)20-28)27-15-16-38-35(22-27)32-9-5-6-10-37(32)43-38/h3-20,22-24H,2,21H2,1H3. The Labute approximate surface area is 254 Å². The van der Waals surface area contributed by atoms with Gasteiger partial charge in [-0.25, -0.2) is 0 Å². The van der Waals surface area contributed by atoms with Crippen molar-refractivity contribution in [3.63, 3.8) is 0 Å². The number of rotatable bonds is 3. The second-order valence-electron chi connectivity index (χ2n) is 12.3. The minimum Gasteiger partial charge on any atom is -0.456 e. The van der Waals surface area contributed by atoms with Gasteiger partial charge in [-0.05, 0) is 123 Å². The molecule has 0 aliphatic heterocycles. The zero-order valence-corrected chi connectivity index (χ0v) is 24.4. The van der Waals surface area contributed by atoms with Crippen molar-refractivity contribution in [2.75, 3.05) is 0 Å². The zero-order chi connectivity index (χ0) is 28.9. The van der Waals surface area contributed by atoms with E-state index in [1.54, 1.807) is 0 Å². The van der Waals surface area contributed by atoms with Crippen LogP contribution in [0, 0.1) is 0 Å². The molecule has 1 aliphatic rings. The second-order valence-corrected chi connectivity index (χ2v) is 12.3. The smallest absolute Gasteiger partial charge is 0.136 e. The molecule has 0 spiro atoms. The molecule has 0 N–H and O–H groups in total. The maximum Gasteiger partial charge on any atom is 0.136 e. The Kier molecular flexibility index (Phi) is 4.85. The van der Waals surface area contributed by atoms with E-state index < -0.39 is 0 Å². The summed E-state index contributed by atoms with van der Waals surface area (Å²) in [5.41, 5.74) is 14.3. The fourth-order valence-electron chi connectivity index (χ4n) is 7.86. The normalized spacial score (nSPS) is 14.7. The molecule has 10 rings (SSSR count). The van der Waals surface area contributed by atoms with Gasteiger partial charge in [0.2, 0.25) is 0 Å². The average molecular weight is 565 g/mol. The minimum absolute atomic E-state index is 0.528. The highest BCUT2D eigenvalue weighted by Crippen LogP contribution is 2.50. The van der Waals surface area contributed by atoms with E-state index in [1.807, 2.05) is 12.1 Å². The lowest BCUT2D eigenvalue weighted by Crippen LogP contribution is -2.11. The van der Waals surface area contributed by atoms with Gasteiger partial charge in [-0.3, -0.25) is 0 Å². The lowest BCUT2D eigenvalue weighted by molar-refractivity contribution is 0.655. The summed E-state index contributed by atoms with van der Waals surface area (Å²) in [6, 6.07) is 44.2. The van der Waals surface area contributed by atoms with Crippen molar-refractivity contribution in [2.45, 2.75) is 25.7 Å². The van der Waals surface area contributed by atoms with E-state index in [-0.39, 0.29) is 0 Å². The number of fused-ring (bicyclic) bond motifs is 13. The molecule has 208 valence electrons. The van der Waals surface area contributed by atoms with E-state index in [0.717, 1.165) is 45.9 Å². The minimum atomic E-state index is 0.528. The first-order valence-electron chi connectivity index (χ1n) is 15.6. The van der Waals surface area contributed by atoms with E-state index in [4.69, 9.17) is 8.83 Å². The largest absolute Gasteiger partial charge is 0.456 e. The number of hydrogen-bond donors (Lipinski definition) is 0. The fourth-order valence-corrected chi connectivity index (χ4v) is 7.86. The Balaban J connectivity index is 1.17. The Morgan fingerprint density at radius 3 is 2.11 bits per heavy atom. The molecule has 6 aromatic carbocycles. The third-order valence-electron chi connectivity index (χ3n) is 10.0. The first kappa shape index (κ1) is 24.1. The van der Waals surface area contributed by atoms with E-state index >= 15 is 0 Å². The molecule has 3 aromatic heterocycles. The first-order valence-corrected chi connectivity index (χ1v) is 15.6. The van der Waals surface area contributed by atoms with Crippen molar-refractivity contribution in [2.24, 2.45) is 0 Å². The lowest BCUT2D eigenvalue weighted by atomic mass is 9.75. The predicted molar refractivity (Wildman–Crippen MR) is 183 cm³/mol. The summed E-state index contributed by atoms with van der Waals surface area (Å²) in [4.78, 5) is 0. The van der Waals surface area contributed by atoms with Gasteiger partial charge in [-0.15, -0.1) is 0 Å². The van der Waals surface area contributed by atoms with Crippen LogP contribution >= 0.6 is 0 Å². The summed E-state index contributed by atoms with van der Waals surface area (Å²) in [6.07, 6.45) is 2.18. The Bertz CT molecular complexity index is 2580. The molecule has 0 saturated heterocycles. The Hall–Kier alpha value is -5.34. The molecule has 9 aromatic rings. The van der Waals surface area contributed by atoms with Gasteiger partial charge in [0.1, 0.15) is 22.3 Å². The van der Waals surface area contributed by atoms with Crippen LogP contribution in [-0.2, 0) is 6.42 Å². The Morgan fingerprint density at radius 1 is 0.523 bits per heavy atom. The van der Waals surface area contributed by atoms with Gasteiger partial charge >= 0.3 is 0 Å². The third-order valence-corrected chi connectivity index (χ3v) is 10.0. The van der Waals surface area contributed by atoms with Gasteiger partial charge in [0, 0.05) is 21.5 Å². The maximum atomic E-state index is 6.37. The van der Waals surface area contributed by atoms with Crippen molar-refractivity contribution < 1.29 is 8.83 Å². The molecule has 2 heteroatoms. The van der Waals surface area contributed by atoms with Crippen LogP contribution < -0.4 is 0 Å². The predicted octanol–water partition coefficient (Wildman–Crippen LogP) is 12.1. The number of benzene rings is 7. The topological polar surface area (TPSA) is 26.3 Å². The zero-order valence-electron chi connectivity index (χ0n) is 24.4. The molecular formula is C42H28O2. The first-order chi connectivity index (χ1) is 21.7. The SMILES string of the molecule is CCC1Cc2c(cc(-c3ccc4ccc(-c5ccc6oc7ccccc7c6c5)cc4c3)c3c4ccc(o4)c23)-c2ccccc21. The van der Waals surface area contributed by atoms with Gasteiger partial charge in [0.25, 0.3) is 0 Å². The molecule has 0 fully saturated rings. The van der Waals surface area contributed by atoms with Crippen LogP contribution in [0.15, 0.2) is 130 Å². The van der Waals surface area contributed by atoms with Crippen LogP contribution in [0.3, 0.4) is 0 Å². The summed E-state index contributed by atoms with van der Waals surface area (Å²) in [7, 11) is 0. The van der Waals surface area contributed by atoms with E-state index in [0.29, 0.717) is 5.92 Å². The molecule has 1 atom stereocenters. The molecule has 1 unspecified atom stereocenters. The van der Waals surface area contributed by atoms with Gasteiger partial charge in [-0.2, -0.15) is 0 Å². The summed E-state index contributed by atoms with van der Waals surface area (Å²) < 4.78 is 12.5. The van der Waals surface area contributed by atoms with Crippen LogP contribution in [0.4, 0.5) is 0 Å². The molecule has 2 bridgehead atoms. The molecule has 3 heterocycles. The molecule has 0 saturated carbocycles. The molecule has 1 aliphatic carbocycles. The van der Waals surface area contributed by atoms with Crippen molar-refractivity contribution in [3.8, 4) is 33.4 Å². The summed E-state index contributed by atoms with van der Waals surface area (Å²) in [6.45, 7) is 2.31. The highest BCUT2D eigenvalue weighted by molar-refractivity contribution is 6.18. The molecule has 0 amide bonds. The highest BCUT2D eigenvalue weighted by atomic mass is 16.3. The van der Waals surface area contributed by atoms with E-state index in [2.05, 4.69) is 116 Å². The average Bonchev–Trinajstić information content (AvgIpc) is 3.81. The van der Waals surface area contributed by atoms with Gasteiger partial charge in [0.15, 0.2) is 0 Å². The Morgan fingerprint density at radius 2 is 1.20 bits per heavy atom. The second kappa shape index (κ2) is 8.84. The van der Waals surface area contributed by atoms with Gasteiger partial charge in [0.05, 0.1) is 0 Å². The van der Waals surface area contributed by atoms with E-state index in [9.17, 15) is 0 Å². The monoisotopic (exact) mass is 564 g/mol. The van der Waals surface area contributed by atoms with E-state index in [1.165, 1.54) is 66.1 Å². The van der Waals surface area contributed by atoms with Crippen molar-refractivity contribution in [3.05, 3.63) is 132 Å². The number of para-hydroxylation sites is 1. The molecule has 2 nitrogen and oxygen atoms in total. The van der Waals surface area contributed by atoms with Crippen LogP contribution in [0.5, 0.6) is 0 Å². The lowest BCUT2D eigenvalue weighted by Gasteiger charge is -2.28. The molecule has 44 heavy (non-hydrogen) atoms. The number of hydrogen-bond acceptors (Lipinski definition) is 2. The van der Waals surface area contributed by atoms with Gasteiger partial charge < -0.3 is 8.83 Å². The quantitative estimate of drug-likeness (QED) is 0.213. The van der Waals surface area contributed by atoms with Crippen LogP contribution in [0.1, 0.15) is 30.4 Å². The highest BCUT2D eigenvalue weighted by Gasteiger charge is 2.29. The summed E-state index contributed by atoms with van der Waals surface area (Å²) in [5.74, 6) is 0.528. The third kappa shape index (κ3) is 3.31. The van der Waals surface area contributed by atoms with Crippen molar-refractivity contribution >= 4 is 54.6 Å². The summed E-state index contributed by atoms with van der Waals surface area (Å²) >= 11 is 0. The number of furan rings is 3. The van der Waals surface area contributed by atoms with Crippen molar-refractivity contribution in [1.82, 2.24) is 0 Å².